The number of amides is 1. The third kappa shape index (κ3) is 3.93. The molecule has 1 atom stereocenters. The highest BCUT2D eigenvalue weighted by atomic mass is 32.2. The van der Waals surface area contributed by atoms with Crippen molar-refractivity contribution in [2.24, 2.45) is 0 Å². The number of hydrogen-bond acceptors (Lipinski definition) is 3. The maximum atomic E-state index is 12.4. The third-order valence-corrected chi connectivity index (χ3v) is 5.16. The van der Waals surface area contributed by atoms with E-state index in [0.29, 0.717) is 0 Å². The molecule has 0 unspecified atom stereocenters. The van der Waals surface area contributed by atoms with Gasteiger partial charge in [0, 0.05) is 4.90 Å². The average molecular weight is 341 g/mol. The van der Waals surface area contributed by atoms with Gasteiger partial charge >= 0.3 is 0 Å². The standard InChI is InChI=1S/C20H23NO2S/c1-14(20(22)21-18-9-5-6-10-19(18)24-2)23-17-12-11-15-7-3-4-8-16(15)13-17/h5-6,9-14H,3-4,7-8H2,1-2H3,(H,21,22)/t14-/m0/s1. The van der Waals surface area contributed by atoms with Crippen molar-refractivity contribution >= 4 is 23.4 Å². The van der Waals surface area contributed by atoms with Crippen molar-refractivity contribution in [3.63, 3.8) is 0 Å². The summed E-state index contributed by atoms with van der Waals surface area (Å²) in [4.78, 5) is 13.5. The van der Waals surface area contributed by atoms with E-state index in [-0.39, 0.29) is 5.91 Å². The molecule has 1 N–H and O–H groups in total. The predicted octanol–water partition coefficient (Wildman–Crippen LogP) is 4.69. The summed E-state index contributed by atoms with van der Waals surface area (Å²) in [5.74, 6) is 0.644. The summed E-state index contributed by atoms with van der Waals surface area (Å²) in [6.07, 6.45) is 6.21. The summed E-state index contributed by atoms with van der Waals surface area (Å²) in [6.45, 7) is 1.79. The fraction of sp³-hybridized carbons (Fsp3) is 0.350. The predicted molar refractivity (Wildman–Crippen MR) is 100 cm³/mol. The van der Waals surface area contributed by atoms with Gasteiger partial charge in [0.2, 0.25) is 0 Å². The lowest BCUT2D eigenvalue weighted by Gasteiger charge is -2.19. The largest absolute Gasteiger partial charge is 0.481 e. The monoisotopic (exact) mass is 341 g/mol. The lowest BCUT2D eigenvalue weighted by atomic mass is 9.92. The third-order valence-electron chi connectivity index (χ3n) is 4.37. The molecule has 0 saturated carbocycles. The summed E-state index contributed by atoms with van der Waals surface area (Å²) < 4.78 is 5.87. The second-order valence-electron chi connectivity index (χ2n) is 6.09. The molecule has 126 valence electrons. The van der Waals surface area contributed by atoms with Crippen LogP contribution in [0.25, 0.3) is 0 Å². The summed E-state index contributed by atoms with van der Waals surface area (Å²) >= 11 is 1.61. The fourth-order valence-electron chi connectivity index (χ4n) is 3.02. The quantitative estimate of drug-likeness (QED) is 0.802. The van der Waals surface area contributed by atoms with Gasteiger partial charge in [-0.05, 0) is 74.3 Å². The molecular formula is C20H23NO2S. The van der Waals surface area contributed by atoms with Crippen LogP contribution in [0.4, 0.5) is 5.69 Å². The smallest absolute Gasteiger partial charge is 0.265 e. The zero-order chi connectivity index (χ0) is 16.9. The Balaban J connectivity index is 1.66. The molecule has 3 nitrogen and oxygen atoms in total. The lowest BCUT2D eigenvalue weighted by molar-refractivity contribution is -0.122. The van der Waals surface area contributed by atoms with Gasteiger partial charge in [-0.15, -0.1) is 11.8 Å². The molecule has 24 heavy (non-hydrogen) atoms. The normalized spacial score (nSPS) is 14.6. The van der Waals surface area contributed by atoms with Crippen molar-refractivity contribution in [2.45, 2.75) is 43.6 Å². The van der Waals surface area contributed by atoms with E-state index < -0.39 is 6.10 Å². The van der Waals surface area contributed by atoms with Crippen molar-refractivity contribution in [3.05, 3.63) is 53.6 Å². The first kappa shape index (κ1) is 16.9. The van der Waals surface area contributed by atoms with Gasteiger partial charge in [-0.3, -0.25) is 4.79 Å². The number of anilines is 1. The van der Waals surface area contributed by atoms with Crippen LogP contribution in [-0.2, 0) is 17.6 Å². The molecule has 0 spiro atoms. The van der Waals surface area contributed by atoms with Crippen LogP contribution in [0.15, 0.2) is 47.4 Å². The summed E-state index contributed by atoms with van der Waals surface area (Å²) in [5, 5.41) is 2.96. The van der Waals surface area contributed by atoms with Gasteiger partial charge in [0.1, 0.15) is 5.75 Å². The van der Waals surface area contributed by atoms with E-state index in [2.05, 4.69) is 17.4 Å². The van der Waals surface area contributed by atoms with Gasteiger partial charge in [0.05, 0.1) is 5.69 Å². The van der Waals surface area contributed by atoms with E-state index >= 15 is 0 Å². The molecule has 0 fully saturated rings. The van der Waals surface area contributed by atoms with Crippen molar-refractivity contribution < 1.29 is 9.53 Å². The molecule has 0 radical (unpaired) electrons. The first-order valence-corrected chi connectivity index (χ1v) is 9.62. The number of para-hydroxylation sites is 1. The number of benzene rings is 2. The van der Waals surface area contributed by atoms with E-state index in [0.717, 1.165) is 29.2 Å². The Bertz CT molecular complexity index is 729. The minimum atomic E-state index is -0.540. The highest BCUT2D eigenvalue weighted by molar-refractivity contribution is 7.98. The summed E-state index contributed by atoms with van der Waals surface area (Å²) in [7, 11) is 0. The SMILES string of the molecule is CSc1ccccc1NC(=O)[C@H](C)Oc1ccc2c(c1)CCCC2. The number of nitrogens with one attached hydrogen (secondary N) is 1. The van der Waals surface area contributed by atoms with Crippen LogP contribution in [0.1, 0.15) is 30.9 Å². The van der Waals surface area contributed by atoms with E-state index in [1.165, 1.54) is 24.0 Å². The van der Waals surface area contributed by atoms with Crippen molar-refractivity contribution in [1.29, 1.82) is 0 Å². The molecule has 4 heteroatoms. The Morgan fingerprint density at radius 2 is 1.88 bits per heavy atom. The first-order valence-electron chi connectivity index (χ1n) is 8.39. The number of fused-ring (bicyclic) bond motifs is 1. The summed E-state index contributed by atoms with van der Waals surface area (Å²) in [5.41, 5.74) is 3.61. The van der Waals surface area contributed by atoms with Crippen LogP contribution in [-0.4, -0.2) is 18.3 Å². The molecule has 3 rings (SSSR count). The second-order valence-corrected chi connectivity index (χ2v) is 6.94. The number of aryl methyl sites for hydroxylation is 2. The Labute approximate surface area is 147 Å². The van der Waals surface area contributed by atoms with Gasteiger partial charge in [-0.25, -0.2) is 0 Å². The van der Waals surface area contributed by atoms with Gasteiger partial charge in [0.15, 0.2) is 6.10 Å². The number of carbonyl (C=O) groups is 1. The number of thioether (sulfide) groups is 1. The Morgan fingerprint density at radius 1 is 1.12 bits per heavy atom. The number of hydrogen-bond donors (Lipinski definition) is 1. The molecule has 1 aliphatic carbocycles. The minimum absolute atomic E-state index is 0.130. The van der Waals surface area contributed by atoms with Crippen LogP contribution < -0.4 is 10.1 Å². The molecule has 0 saturated heterocycles. The molecule has 2 aromatic carbocycles. The van der Waals surface area contributed by atoms with Crippen molar-refractivity contribution in [2.75, 3.05) is 11.6 Å². The molecule has 0 aliphatic heterocycles. The molecule has 0 heterocycles. The highest BCUT2D eigenvalue weighted by Crippen LogP contribution is 2.27. The zero-order valence-corrected chi connectivity index (χ0v) is 15.0. The number of rotatable bonds is 5. The summed E-state index contributed by atoms with van der Waals surface area (Å²) in [6, 6.07) is 14.0. The van der Waals surface area contributed by atoms with E-state index in [1.54, 1.807) is 18.7 Å². The Kier molecular flexibility index (Phi) is 5.46. The molecule has 0 bridgehead atoms. The Hall–Kier alpha value is -1.94. The maximum Gasteiger partial charge on any atom is 0.265 e. The van der Waals surface area contributed by atoms with Gasteiger partial charge in [0.25, 0.3) is 5.91 Å². The zero-order valence-electron chi connectivity index (χ0n) is 14.2. The van der Waals surface area contributed by atoms with Crippen LogP contribution in [0.2, 0.25) is 0 Å². The fourth-order valence-corrected chi connectivity index (χ4v) is 3.58. The Morgan fingerprint density at radius 3 is 2.67 bits per heavy atom. The molecule has 1 amide bonds. The van der Waals surface area contributed by atoms with E-state index in [1.807, 2.05) is 36.6 Å². The van der Waals surface area contributed by atoms with Gasteiger partial charge < -0.3 is 10.1 Å². The molecular weight excluding hydrogens is 318 g/mol. The number of ether oxygens (including phenoxy) is 1. The first-order chi connectivity index (χ1) is 11.7. The van der Waals surface area contributed by atoms with Crippen LogP contribution in [0.3, 0.4) is 0 Å². The van der Waals surface area contributed by atoms with Crippen LogP contribution in [0.5, 0.6) is 5.75 Å². The second kappa shape index (κ2) is 7.75. The highest BCUT2D eigenvalue weighted by Gasteiger charge is 2.17. The molecule has 1 aliphatic rings. The number of carbonyl (C=O) groups excluding carboxylic acids is 1. The van der Waals surface area contributed by atoms with Crippen LogP contribution >= 0.6 is 11.8 Å². The van der Waals surface area contributed by atoms with Crippen molar-refractivity contribution in [3.8, 4) is 5.75 Å². The van der Waals surface area contributed by atoms with Crippen LogP contribution in [0, 0.1) is 0 Å². The lowest BCUT2D eigenvalue weighted by Crippen LogP contribution is -2.30. The molecule has 2 aromatic rings. The van der Waals surface area contributed by atoms with Gasteiger partial charge in [-0.2, -0.15) is 0 Å². The minimum Gasteiger partial charge on any atom is -0.481 e. The molecule has 0 aromatic heterocycles. The maximum absolute atomic E-state index is 12.4. The van der Waals surface area contributed by atoms with Gasteiger partial charge in [-0.1, -0.05) is 18.2 Å². The average Bonchev–Trinajstić information content (AvgIpc) is 2.62. The topological polar surface area (TPSA) is 38.3 Å². The van der Waals surface area contributed by atoms with Crippen molar-refractivity contribution in [1.82, 2.24) is 0 Å². The van der Waals surface area contributed by atoms with E-state index in [9.17, 15) is 4.79 Å². The van der Waals surface area contributed by atoms with E-state index in [4.69, 9.17) is 4.74 Å².